The van der Waals surface area contributed by atoms with Crippen LogP contribution in [0.25, 0.3) is 0 Å². The van der Waals surface area contributed by atoms with Gasteiger partial charge in [-0.05, 0) is 17.7 Å². The largest absolute Gasteiger partial charge is 0.744 e. The van der Waals surface area contributed by atoms with E-state index in [0.29, 0.717) is 11.4 Å². The van der Waals surface area contributed by atoms with Crippen LogP contribution in [0.4, 0.5) is 0 Å². The molecule has 1 N–H and O–H groups in total. The van der Waals surface area contributed by atoms with Crippen LogP contribution in [0.2, 0.25) is 0 Å². The maximum Gasteiger partial charge on any atom is 0.358 e. The fraction of sp³-hybridized carbons (Fsp3) is 0.286. The van der Waals surface area contributed by atoms with Crippen molar-refractivity contribution in [3.63, 3.8) is 0 Å². The quantitative estimate of drug-likeness (QED) is 0.648. The van der Waals surface area contributed by atoms with E-state index in [-0.39, 0.29) is 24.8 Å². The first-order valence-corrected chi connectivity index (χ1v) is 6.53. The van der Waals surface area contributed by atoms with Crippen LogP contribution in [0, 0.1) is 10.4 Å². The Morgan fingerprint density at radius 1 is 1.27 bits per heavy atom. The van der Waals surface area contributed by atoms with E-state index in [9.17, 15) is 15.2 Å². The van der Waals surface area contributed by atoms with E-state index in [1.807, 2.05) is 0 Å². The lowest BCUT2D eigenvalue weighted by Crippen LogP contribution is -2.29. The van der Waals surface area contributed by atoms with Gasteiger partial charge in [-0.15, -0.1) is 0 Å². The van der Waals surface area contributed by atoms with E-state index in [1.165, 1.54) is 17.7 Å². The van der Waals surface area contributed by atoms with E-state index >= 15 is 0 Å². The van der Waals surface area contributed by atoms with E-state index in [1.54, 1.807) is 31.3 Å². The second kappa shape index (κ2) is 6.70. The van der Waals surface area contributed by atoms with Crippen molar-refractivity contribution in [1.29, 1.82) is 0 Å². The maximum atomic E-state index is 10.7. The minimum absolute atomic E-state index is 0.102. The zero-order valence-electron chi connectivity index (χ0n) is 12.2. The number of benzene rings is 1. The highest BCUT2D eigenvalue weighted by Crippen LogP contribution is 2.14. The van der Waals surface area contributed by atoms with Crippen molar-refractivity contribution >= 4 is 5.97 Å². The molecule has 0 saturated carbocycles. The molecule has 118 valence electrons. The lowest BCUT2D eigenvalue weighted by molar-refractivity contribution is -0.142. The molecule has 0 aliphatic rings. The highest BCUT2D eigenvalue weighted by atomic mass is 16.8. The molecule has 22 heavy (non-hydrogen) atoms. The Balaban J connectivity index is 1.97. The third-order valence-corrected chi connectivity index (χ3v) is 3.04. The maximum absolute atomic E-state index is 10.7. The highest BCUT2D eigenvalue weighted by molar-refractivity contribution is 5.65. The molecule has 0 saturated heterocycles. The summed E-state index contributed by atoms with van der Waals surface area (Å²) in [6, 6.07) is 7.08. The van der Waals surface area contributed by atoms with Gasteiger partial charge in [0.05, 0.1) is 7.05 Å². The molecule has 8 heteroatoms. The predicted octanol–water partition coefficient (Wildman–Crippen LogP) is 0.763. The van der Waals surface area contributed by atoms with Gasteiger partial charge in [0, 0.05) is 6.92 Å². The normalized spacial score (nSPS) is 10.3. The number of nitrogens with zero attached hydrogens (tertiary/aromatic N) is 2. The zero-order valence-corrected chi connectivity index (χ0v) is 12.2. The average Bonchev–Trinajstić information content (AvgIpc) is 2.85. The molecule has 1 heterocycles. The van der Waals surface area contributed by atoms with Gasteiger partial charge in [-0.3, -0.25) is 9.70 Å². The summed E-state index contributed by atoms with van der Waals surface area (Å²) in [6.45, 7) is 1.77. The Bertz CT molecular complexity index is 711. The molecule has 0 atom stereocenters. The van der Waals surface area contributed by atoms with Crippen molar-refractivity contribution in [3.8, 4) is 5.75 Å². The molecule has 8 nitrogen and oxygen atoms in total. The summed E-state index contributed by atoms with van der Waals surface area (Å²) in [7, 11) is 1.59. The van der Waals surface area contributed by atoms with Crippen molar-refractivity contribution in [2.45, 2.75) is 20.1 Å². The summed E-state index contributed by atoms with van der Waals surface area (Å²) in [5, 5.41) is 21.5. The molecule has 0 amide bonds. The number of aromatic amines is 1. The number of carbonyl (C=O) groups is 1. The summed E-state index contributed by atoms with van der Waals surface area (Å²) in [4.78, 5) is 12.8. The molecule has 0 aliphatic heterocycles. The zero-order chi connectivity index (χ0) is 16.1. The van der Waals surface area contributed by atoms with E-state index < -0.39 is 4.90 Å². The molecule has 0 aliphatic carbocycles. The molecule has 0 unspecified atom stereocenters. The fourth-order valence-electron chi connectivity index (χ4n) is 1.82. The number of hydrogen-bond donors (Lipinski definition) is 1. The van der Waals surface area contributed by atoms with E-state index in [0.717, 1.165) is 5.56 Å². The number of H-pyrrole nitrogens is 1. The van der Waals surface area contributed by atoms with Crippen LogP contribution >= 0.6 is 0 Å². The first-order valence-electron chi connectivity index (χ1n) is 6.53. The van der Waals surface area contributed by atoms with Crippen molar-refractivity contribution in [3.05, 3.63) is 57.8 Å². The molecule has 0 radical (unpaired) electrons. The topological polar surface area (TPSA) is 105 Å². The Hall–Kier alpha value is -2.90. The summed E-state index contributed by atoms with van der Waals surface area (Å²) in [5.41, 5.74) is 1.40. The van der Waals surface area contributed by atoms with Crippen molar-refractivity contribution in [2.24, 2.45) is 7.05 Å². The third kappa shape index (κ3) is 3.81. The monoisotopic (exact) mass is 306 g/mol. The van der Waals surface area contributed by atoms with Gasteiger partial charge in [0.15, 0.2) is 0 Å². The van der Waals surface area contributed by atoms with Crippen molar-refractivity contribution in [1.82, 2.24) is 14.5 Å². The predicted molar refractivity (Wildman–Crippen MR) is 78.0 cm³/mol. The lowest BCUT2D eigenvalue weighted by atomic mass is 10.2. The summed E-state index contributed by atoms with van der Waals surface area (Å²) >= 11 is 0. The minimum atomic E-state index is -0.493. The third-order valence-electron chi connectivity index (χ3n) is 3.04. The van der Waals surface area contributed by atoms with Crippen molar-refractivity contribution < 1.29 is 14.3 Å². The van der Waals surface area contributed by atoms with Crippen LogP contribution in [-0.4, -0.2) is 15.5 Å². The number of carbonyl (C=O) groups excluding carboxylic acids is 1. The number of esters is 1. The second-order valence-electron chi connectivity index (χ2n) is 4.63. The molecule has 2 aromatic rings. The van der Waals surface area contributed by atoms with Crippen LogP contribution in [0.5, 0.6) is 5.75 Å². The number of ether oxygens (including phenoxy) is 2. The summed E-state index contributed by atoms with van der Waals surface area (Å²) in [6.07, 6.45) is 1.53. The van der Waals surface area contributed by atoms with Gasteiger partial charge in [0.1, 0.15) is 30.9 Å². The second-order valence-corrected chi connectivity index (χ2v) is 4.63. The van der Waals surface area contributed by atoms with Gasteiger partial charge >= 0.3 is 11.6 Å². The van der Waals surface area contributed by atoms with Gasteiger partial charge in [-0.2, -0.15) is 0 Å². The summed E-state index contributed by atoms with van der Waals surface area (Å²) in [5.74, 6) is 0.289. The first-order chi connectivity index (χ1) is 10.5. The van der Waals surface area contributed by atoms with Gasteiger partial charge in [0.25, 0.3) is 0 Å². The molecule has 0 spiro atoms. The van der Waals surface area contributed by atoms with Crippen molar-refractivity contribution in [2.75, 3.05) is 0 Å². The SMILES string of the molecule is CC(=O)OCc1ccc(OCc2c[nH]c(=[N+]([O-])[O-])n2C)cc1. The highest BCUT2D eigenvalue weighted by Gasteiger charge is 2.08. The minimum Gasteiger partial charge on any atom is -0.744 e. The van der Waals surface area contributed by atoms with Crippen LogP contribution in [0.1, 0.15) is 18.2 Å². The molecule has 1 aromatic carbocycles. The Kier molecular flexibility index (Phi) is 4.72. The summed E-state index contributed by atoms with van der Waals surface area (Å²) < 4.78 is 11.9. The fourth-order valence-corrected chi connectivity index (χ4v) is 1.82. The molecule has 0 bridgehead atoms. The molecular formula is C14H16N3O5-. The van der Waals surface area contributed by atoms with Gasteiger partial charge in [-0.1, -0.05) is 12.1 Å². The van der Waals surface area contributed by atoms with E-state index in [2.05, 4.69) is 4.98 Å². The Labute approximate surface area is 126 Å². The standard InChI is InChI=1S/C14H16N3O5/c1-10(18)21-8-11-3-5-13(6-4-11)22-9-12-7-15-14(16(12)2)17(19)20/h3-7,15H,8-9H2,1-2H3/q-1. The van der Waals surface area contributed by atoms with Crippen LogP contribution in [-0.2, 0) is 29.8 Å². The van der Waals surface area contributed by atoms with Gasteiger partial charge < -0.3 is 19.9 Å². The van der Waals surface area contributed by atoms with Gasteiger partial charge in [-0.25, -0.2) is 9.55 Å². The first kappa shape index (κ1) is 15.5. The van der Waals surface area contributed by atoms with Crippen LogP contribution in [0.3, 0.4) is 0 Å². The number of hydrogen-bond acceptors (Lipinski definition) is 5. The Morgan fingerprint density at radius 3 is 2.50 bits per heavy atom. The van der Waals surface area contributed by atoms with Gasteiger partial charge in [0.2, 0.25) is 0 Å². The smallest absolute Gasteiger partial charge is 0.358 e. The van der Waals surface area contributed by atoms with E-state index in [4.69, 9.17) is 9.47 Å². The lowest BCUT2D eigenvalue weighted by Gasteiger charge is -2.11. The molecular weight excluding hydrogens is 290 g/mol. The number of rotatable bonds is 5. The van der Waals surface area contributed by atoms with Crippen LogP contribution in [0.15, 0.2) is 30.5 Å². The molecule has 0 fully saturated rings. The number of imidazole rings is 1. The number of nitrogens with one attached hydrogen (secondary N) is 1. The Morgan fingerprint density at radius 2 is 1.95 bits per heavy atom. The van der Waals surface area contributed by atoms with Crippen LogP contribution < -0.4 is 15.3 Å². The molecule has 2 rings (SSSR count). The average molecular weight is 306 g/mol. The molecule has 1 aromatic heterocycles. The number of aromatic nitrogens is 2.